The average Bonchev–Trinajstić information content (AvgIpc) is 3.34. The number of likely N-dealkylation sites (tertiary alicyclic amines) is 1. The predicted octanol–water partition coefficient (Wildman–Crippen LogP) is 1.38. The first kappa shape index (κ1) is 31.5. The smallest absolute Gasteiger partial charge is 0.251 e. The number of carbonyl (C=O) groups is 4. The third kappa shape index (κ3) is 8.72. The molecule has 7 N–H and O–H groups in total. The molecule has 1 heterocycles. The molecular formula is C27H38BrFN6O5. The third-order valence-electron chi connectivity index (χ3n) is 7.47. The normalized spacial score (nSPS) is 20.8. The number of aliphatic hydroxyl groups is 1. The number of hydrogen-bond donors (Lipinski definition) is 6. The van der Waals surface area contributed by atoms with E-state index in [-0.39, 0.29) is 37.8 Å². The van der Waals surface area contributed by atoms with Gasteiger partial charge in [0.1, 0.15) is 18.8 Å². The lowest BCUT2D eigenvalue weighted by molar-refractivity contribution is -0.142. The first-order valence-corrected chi connectivity index (χ1v) is 14.4. The molecule has 2 unspecified atom stereocenters. The van der Waals surface area contributed by atoms with Crippen molar-refractivity contribution in [3.05, 3.63) is 34.3 Å². The van der Waals surface area contributed by atoms with Gasteiger partial charge in [0.05, 0.1) is 12.1 Å². The molecular weight excluding hydrogens is 587 g/mol. The van der Waals surface area contributed by atoms with E-state index in [1.165, 1.54) is 4.90 Å². The largest absolute Gasteiger partial charge is 0.391 e. The molecule has 11 nitrogen and oxygen atoms in total. The molecule has 220 valence electrons. The standard InChI is InChI=1S/C27H38BrFN6O5/c28-18-10-8-17(9-11-18)24(38)34-23(16-5-2-1-3-6-16)26(40)35-15-19(36)13-21(35)25(39)33-20(22(37)14-29)7-4-12-32-27(30)31/h8-11,16,19-21,23,36H,1-7,12-15H2,(H,33,39)(H,34,38)(H4,30,31,32)/t19-,20?,21+,23?/m1/s1. The van der Waals surface area contributed by atoms with E-state index in [2.05, 4.69) is 31.9 Å². The van der Waals surface area contributed by atoms with Gasteiger partial charge in [0.15, 0.2) is 11.7 Å². The molecule has 1 aliphatic carbocycles. The molecule has 2 aliphatic rings. The highest BCUT2D eigenvalue weighted by molar-refractivity contribution is 9.10. The Morgan fingerprint density at radius 3 is 2.42 bits per heavy atom. The summed E-state index contributed by atoms with van der Waals surface area (Å²) in [6, 6.07) is 3.65. The highest BCUT2D eigenvalue weighted by Gasteiger charge is 2.44. The SMILES string of the molecule is N=C(N)NCCCC(NC(=O)[C@@H]1C[C@@H](O)CN1C(=O)C(NC(=O)c1ccc(Br)cc1)C1CCCCC1)C(=O)CF. The molecule has 0 aromatic heterocycles. The topological polar surface area (TPSA) is 178 Å². The lowest BCUT2D eigenvalue weighted by Gasteiger charge is -2.34. The second kappa shape index (κ2) is 15.1. The van der Waals surface area contributed by atoms with E-state index in [9.17, 15) is 28.7 Å². The molecule has 1 aromatic rings. The third-order valence-corrected chi connectivity index (χ3v) is 8.00. The number of rotatable bonds is 12. The number of halogens is 2. The number of hydrogen-bond acceptors (Lipinski definition) is 6. The van der Waals surface area contributed by atoms with Crippen LogP contribution in [0.5, 0.6) is 0 Å². The molecule has 3 rings (SSSR count). The van der Waals surface area contributed by atoms with E-state index >= 15 is 0 Å². The van der Waals surface area contributed by atoms with Gasteiger partial charge in [-0.3, -0.25) is 24.6 Å². The van der Waals surface area contributed by atoms with Gasteiger partial charge in [-0.2, -0.15) is 0 Å². The highest BCUT2D eigenvalue weighted by Crippen LogP contribution is 2.30. The summed E-state index contributed by atoms with van der Waals surface area (Å²) >= 11 is 3.34. The zero-order valence-electron chi connectivity index (χ0n) is 22.3. The maximum Gasteiger partial charge on any atom is 0.251 e. The number of nitrogens with one attached hydrogen (secondary N) is 4. The first-order valence-electron chi connectivity index (χ1n) is 13.6. The average molecular weight is 626 g/mol. The Balaban J connectivity index is 1.76. The number of benzene rings is 1. The number of Topliss-reactive ketones (excluding diaryl/α,β-unsaturated/α-hetero) is 1. The summed E-state index contributed by atoms with van der Waals surface area (Å²) in [7, 11) is 0. The summed E-state index contributed by atoms with van der Waals surface area (Å²) in [5.41, 5.74) is 5.64. The fraction of sp³-hybridized carbons (Fsp3) is 0.593. The van der Waals surface area contributed by atoms with Crippen molar-refractivity contribution in [3.8, 4) is 0 Å². The maximum absolute atomic E-state index is 13.9. The summed E-state index contributed by atoms with van der Waals surface area (Å²) < 4.78 is 14.1. The van der Waals surface area contributed by atoms with Gasteiger partial charge in [-0.15, -0.1) is 0 Å². The zero-order chi connectivity index (χ0) is 29.2. The second-order valence-corrected chi connectivity index (χ2v) is 11.3. The van der Waals surface area contributed by atoms with Crippen molar-refractivity contribution in [3.63, 3.8) is 0 Å². The van der Waals surface area contributed by atoms with Crippen LogP contribution in [-0.4, -0.2) is 83.5 Å². The Hall–Kier alpha value is -3.06. The van der Waals surface area contributed by atoms with Crippen LogP contribution < -0.4 is 21.7 Å². The van der Waals surface area contributed by atoms with E-state index in [1.54, 1.807) is 24.3 Å². The predicted molar refractivity (Wildman–Crippen MR) is 150 cm³/mol. The lowest BCUT2D eigenvalue weighted by atomic mass is 9.83. The van der Waals surface area contributed by atoms with E-state index in [4.69, 9.17) is 11.1 Å². The van der Waals surface area contributed by atoms with Gasteiger partial charge in [-0.1, -0.05) is 35.2 Å². The molecule has 1 saturated heterocycles. The van der Waals surface area contributed by atoms with Crippen molar-refractivity contribution < 1.29 is 28.7 Å². The monoisotopic (exact) mass is 624 g/mol. The van der Waals surface area contributed by atoms with Crippen LogP contribution in [0.15, 0.2) is 28.7 Å². The van der Waals surface area contributed by atoms with Crippen molar-refractivity contribution in [2.24, 2.45) is 11.7 Å². The molecule has 40 heavy (non-hydrogen) atoms. The maximum atomic E-state index is 13.9. The Kier molecular flexibility index (Phi) is 11.9. The Labute approximate surface area is 241 Å². The van der Waals surface area contributed by atoms with Crippen molar-refractivity contribution >= 4 is 45.4 Å². The summed E-state index contributed by atoms with van der Waals surface area (Å²) in [5.74, 6) is -2.73. The van der Waals surface area contributed by atoms with Crippen LogP contribution in [0.4, 0.5) is 4.39 Å². The van der Waals surface area contributed by atoms with Gasteiger partial charge >= 0.3 is 0 Å². The van der Waals surface area contributed by atoms with Gasteiger partial charge in [0, 0.05) is 29.5 Å². The van der Waals surface area contributed by atoms with Crippen molar-refractivity contribution in [2.45, 2.75) is 75.6 Å². The van der Waals surface area contributed by atoms with Gasteiger partial charge in [0.25, 0.3) is 5.91 Å². The fourth-order valence-corrected chi connectivity index (χ4v) is 5.63. The quantitative estimate of drug-likeness (QED) is 0.115. The molecule has 1 aliphatic heterocycles. The van der Waals surface area contributed by atoms with Crippen LogP contribution in [0.25, 0.3) is 0 Å². The van der Waals surface area contributed by atoms with Gasteiger partial charge in [0.2, 0.25) is 11.8 Å². The number of aliphatic hydroxyl groups excluding tert-OH is 1. The van der Waals surface area contributed by atoms with Crippen LogP contribution in [0.1, 0.15) is 61.7 Å². The minimum Gasteiger partial charge on any atom is -0.391 e. The van der Waals surface area contributed by atoms with Crippen LogP contribution in [0, 0.1) is 11.3 Å². The number of nitrogens with zero attached hydrogens (tertiary/aromatic N) is 1. The zero-order valence-corrected chi connectivity index (χ0v) is 23.9. The number of ketones is 1. The van der Waals surface area contributed by atoms with Gasteiger partial charge in [-0.25, -0.2) is 4.39 Å². The minimum atomic E-state index is -1.27. The Morgan fingerprint density at radius 1 is 1.12 bits per heavy atom. The van der Waals surface area contributed by atoms with E-state index in [1.807, 2.05) is 0 Å². The Morgan fingerprint density at radius 2 is 1.80 bits per heavy atom. The van der Waals surface area contributed by atoms with E-state index < -0.39 is 54.4 Å². The molecule has 3 amide bonds. The first-order chi connectivity index (χ1) is 19.1. The van der Waals surface area contributed by atoms with Crippen LogP contribution in [0.3, 0.4) is 0 Å². The molecule has 1 aromatic carbocycles. The molecule has 0 spiro atoms. The van der Waals surface area contributed by atoms with Crippen molar-refractivity contribution in [1.29, 1.82) is 5.41 Å². The van der Waals surface area contributed by atoms with Gasteiger partial charge in [-0.05, 0) is 55.9 Å². The molecule has 0 bridgehead atoms. The number of guanidine groups is 1. The highest BCUT2D eigenvalue weighted by atomic mass is 79.9. The lowest BCUT2D eigenvalue weighted by Crippen LogP contribution is -2.57. The molecule has 13 heteroatoms. The summed E-state index contributed by atoms with van der Waals surface area (Å²) in [6.07, 6.45) is 3.78. The molecule has 1 saturated carbocycles. The molecule has 2 fully saturated rings. The van der Waals surface area contributed by atoms with Crippen LogP contribution in [-0.2, 0) is 14.4 Å². The summed E-state index contributed by atoms with van der Waals surface area (Å²) in [6.45, 7) is -1.11. The van der Waals surface area contributed by atoms with Crippen molar-refractivity contribution in [2.75, 3.05) is 19.8 Å². The van der Waals surface area contributed by atoms with Crippen LogP contribution in [0.2, 0.25) is 0 Å². The summed E-state index contributed by atoms with van der Waals surface area (Å²) in [4.78, 5) is 53.8. The van der Waals surface area contributed by atoms with Crippen molar-refractivity contribution in [1.82, 2.24) is 20.9 Å². The van der Waals surface area contributed by atoms with E-state index in [0.29, 0.717) is 12.0 Å². The van der Waals surface area contributed by atoms with Crippen LogP contribution >= 0.6 is 15.9 Å². The molecule has 0 radical (unpaired) electrons. The fourth-order valence-electron chi connectivity index (χ4n) is 5.36. The number of β-amino-alcohol motifs (C(OH)–C–C–N with tert-alkyl or cyclic N) is 1. The number of alkyl halides is 1. The Bertz CT molecular complexity index is 1070. The van der Waals surface area contributed by atoms with E-state index in [0.717, 1.165) is 36.6 Å². The van der Waals surface area contributed by atoms with Gasteiger partial charge < -0.3 is 31.7 Å². The molecule has 4 atom stereocenters. The number of amides is 3. The summed E-state index contributed by atoms with van der Waals surface area (Å²) in [5, 5.41) is 25.7. The number of nitrogens with two attached hydrogens (primary N) is 1. The second-order valence-electron chi connectivity index (χ2n) is 10.4. The number of carbonyl (C=O) groups excluding carboxylic acids is 4. The minimum absolute atomic E-state index is 0.0436.